The number of nitrogens with zero attached hydrogens (tertiary/aromatic N) is 1. The molecule has 0 bridgehead atoms. The van der Waals surface area contributed by atoms with Gasteiger partial charge in [-0.2, -0.15) is 0 Å². The Morgan fingerprint density at radius 1 is 1.06 bits per heavy atom. The zero-order chi connectivity index (χ0) is 12.3. The van der Waals surface area contributed by atoms with E-state index in [2.05, 4.69) is 54.5 Å². The second kappa shape index (κ2) is 5.36. The van der Waals surface area contributed by atoms with E-state index in [1.807, 2.05) is 0 Å². The van der Waals surface area contributed by atoms with Crippen LogP contribution in [0.3, 0.4) is 0 Å². The Balaban J connectivity index is 1.84. The van der Waals surface area contributed by atoms with Crippen LogP contribution in [0.1, 0.15) is 18.4 Å². The molecule has 1 aromatic rings. The number of hydrogen-bond donors (Lipinski definition) is 0. The molecular weight excluding hydrogens is 222 g/mol. The summed E-state index contributed by atoms with van der Waals surface area (Å²) in [5, 5.41) is 0. The van der Waals surface area contributed by atoms with Crippen LogP contribution in [0.2, 0.25) is 19.6 Å². The molecule has 1 saturated heterocycles. The smallest absolute Gasteiger partial charge is 0.119 e. The van der Waals surface area contributed by atoms with Crippen LogP contribution in [0.15, 0.2) is 30.3 Å². The molecule has 1 aliphatic heterocycles. The predicted molar refractivity (Wildman–Crippen MR) is 77.8 cm³/mol. The van der Waals surface area contributed by atoms with Crippen molar-refractivity contribution in [3.8, 4) is 0 Å². The fraction of sp³-hybridized carbons (Fsp3) is 0.600. The largest absolute Gasteiger partial charge is 0.324 e. The molecule has 0 radical (unpaired) electrons. The van der Waals surface area contributed by atoms with E-state index in [0.29, 0.717) is 0 Å². The molecule has 94 valence electrons. The van der Waals surface area contributed by atoms with Gasteiger partial charge in [0.15, 0.2) is 0 Å². The maximum absolute atomic E-state index is 2.76. The van der Waals surface area contributed by atoms with E-state index < -0.39 is 8.24 Å². The van der Waals surface area contributed by atoms with E-state index in [4.69, 9.17) is 0 Å². The van der Waals surface area contributed by atoms with Gasteiger partial charge in [-0.15, -0.1) is 0 Å². The molecular formula is C15H25NSi. The van der Waals surface area contributed by atoms with Crippen LogP contribution in [0, 0.1) is 5.92 Å². The van der Waals surface area contributed by atoms with E-state index >= 15 is 0 Å². The van der Waals surface area contributed by atoms with Crippen LogP contribution >= 0.6 is 0 Å². The summed E-state index contributed by atoms with van der Waals surface area (Å²) in [4.78, 5) is 0. The highest BCUT2D eigenvalue weighted by Crippen LogP contribution is 2.24. The molecule has 0 aromatic heterocycles. The van der Waals surface area contributed by atoms with E-state index in [1.165, 1.54) is 37.9 Å². The van der Waals surface area contributed by atoms with Gasteiger partial charge in [-0.25, -0.2) is 0 Å². The van der Waals surface area contributed by atoms with Gasteiger partial charge in [0, 0.05) is 0 Å². The van der Waals surface area contributed by atoms with Crippen LogP contribution in [-0.2, 0) is 6.42 Å². The standard InChI is InChI=1S/C15H25NSi/c1-17(2,3)16-11-9-15(10-12-16)13-14-7-5-4-6-8-14/h4-8,15H,9-13H2,1-3H3. The van der Waals surface area contributed by atoms with Crippen molar-refractivity contribution in [2.75, 3.05) is 13.1 Å². The monoisotopic (exact) mass is 247 g/mol. The minimum atomic E-state index is -1.04. The zero-order valence-corrected chi connectivity index (χ0v) is 12.4. The van der Waals surface area contributed by atoms with Crippen LogP contribution in [0.25, 0.3) is 0 Å². The van der Waals surface area contributed by atoms with Crippen molar-refractivity contribution in [3.05, 3.63) is 35.9 Å². The Morgan fingerprint density at radius 3 is 2.18 bits per heavy atom. The summed E-state index contributed by atoms with van der Waals surface area (Å²) in [6.45, 7) is 10.0. The second-order valence-corrected chi connectivity index (χ2v) is 11.3. The Bertz CT molecular complexity index is 334. The number of piperidine rings is 1. The average Bonchev–Trinajstić information content (AvgIpc) is 2.30. The fourth-order valence-electron chi connectivity index (χ4n) is 2.76. The van der Waals surface area contributed by atoms with Gasteiger partial charge in [-0.3, -0.25) is 0 Å². The van der Waals surface area contributed by atoms with E-state index in [9.17, 15) is 0 Å². The highest BCUT2D eigenvalue weighted by Gasteiger charge is 2.28. The maximum atomic E-state index is 2.76. The van der Waals surface area contributed by atoms with Crippen molar-refractivity contribution in [3.63, 3.8) is 0 Å². The average molecular weight is 247 g/mol. The minimum absolute atomic E-state index is 0.907. The molecule has 1 heterocycles. The van der Waals surface area contributed by atoms with Gasteiger partial charge in [0.2, 0.25) is 0 Å². The van der Waals surface area contributed by atoms with Crippen LogP contribution < -0.4 is 0 Å². The Morgan fingerprint density at radius 2 is 1.65 bits per heavy atom. The third-order valence-electron chi connectivity index (χ3n) is 3.93. The van der Waals surface area contributed by atoms with Gasteiger partial charge >= 0.3 is 0 Å². The molecule has 0 aliphatic carbocycles. The quantitative estimate of drug-likeness (QED) is 0.735. The van der Waals surface area contributed by atoms with Crippen LogP contribution in [-0.4, -0.2) is 25.9 Å². The van der Waals surface area contributed by atoms with Crippen LogP contribution in [0.4, 0.5) is 0 Å². The summed E-state index contributed by atoms with van der Waals surface area (Å²) >= 11 is 0. The van der Waals surface area contributed by atoms with Gasteiger partial charge in [-0.1, -0.05) is 50.0 Å². The molecule has 1 fully saturated rings. The molecule has 0 atom stereocenters. The highest BCUT2D eigenvalue weighted by atomic mass is 28.3. The summed E-state index contributed by atoms with van der Waals surface area (Å²) in [6, 6.07) is 11.0. The Hall–Kier alpha value is -0.603. The van der Waals surface area contributed by atoms with Gasteiger partial charge in [0.05, 0.1) is 0 Å². The first-order chi connectivity index (χ1) is 8.05. The summed E-state index contributed by atoms with van der Waals surface area (Å²) in [5.74, 6) is 0.907. The summed E-state index contributed by atoms with van der Waals surface area (Å²) in [6.07, 6.45) is 4.05. The molecule has 0 saturated carbocycles. The zero-order valence-electron chi connectivity index (χ0n) is 11.4. The number of hydrogen-bond acceptors (Lipinski definition) is 1. The second-order valence-electron chi connectivity index (χ2n) is 6.29. The maximum Gasteiger partial charge on any atom is 0.119 e. The molecule has 1 aliphatic rings. The van der Waals surface area contributed by atoms with E-state index in [-0.39, 0.29) is 0 Å². The first-order valence-electron chi connectivity index (χ1n) is 6.85. The van der Waals surface area contributed by atoms with Gasteiger partial charge in [0.1, 0.15) is 8.24 Å². The van der Waals surface area contributed by atoms with Crippen molar-refractivity contribution >= 4 is 8.24 Å². The molecule has 0 spiro atoms. The van der Waals surface area contributed by atoms with Crippen molar-refractivity contribution in [2.24, 2.45) is 5.92 Å². The molecule has 17 heavy (non-hydrogen) atoms. The Kier molecular flexibility index (Phi) is 4.05. The molecule has 0 amide bonds. The molecule has 2 rings (SSSR count). The molecule has 1 nitrogen and oxygen atoms in total. The van der Waals surface area contributed by atoms with Crippen LogP contribution in [0.5, 0.6) is 0 Å². The minimum Gasteiger partial charge on any atom is -0.324 e. The lowest BCUT2D eigenvalue weighted by Gasteiger charge is -2.39. The van der Waals surface area contributed by atoms with Crippen molar-refractivity contribution in [2.45, 2.75) is 38.9 Å². The van der Waals surface area contributed by atoms with Crippen molar-refractivity contribution in [1.29, 1.82) is 0 Å². The SMILES string of the molecule is C[Si](C)(C)N1CCC(Cc2ccccc2)CC1. The van der Waals surface area contributed by atoms with Gasteiger partial charge in [0.25, 0.3) is 0 Å². The highest BCUT2D eigenvalue weighted by molar-refractivity contribution is 6.73. The molecule has 0 N–H and O–H groups in total. The van der Waals surface area contributed by atoms with Crippen molar-refractivity contribution in [1.82, 2.24) is 4.57 Å². The first kappa shape index (κ1) is 12.8. The predicted octanol–water partition coefficient (Wildman–Crippen LogP) is 3.78. The fourth-order valence-corrected chi connectivity index (χ4v) is 4.36. The molecule has 0 unspecified atom stereocenters. The van der Waals surface area contributed by atoms with Gasteiger partial charge < -0.3 is 4.57 Å². The van der Waals surface area contributed by atoms with Gasteiger partial charge in [-0.05, 0) is 43.8 Å². The topological polar surface area (TPSA) is 3.24 Å². The lowest BCUT2D eigenvalue weighted by Crippen LogP contribution is -2.50. The van der Waals surface area contributed by atoms with Crippen molar-refractivity contribution < 1.29 is 0 Å². The summed E-state index contributed by atoms with van der Waals surface area (Å²) in [5.41, 5.74) is 1.51. The van der Waals surface area contributed by atoms with E-state index in [1.54, 1.807) is 0 Å². The lowest BCUT2D eigenvalue weighted by atomic mass is 9.91. The van der Waals surface area contributed by atoms with E-state index in [0.717, 1.165) is 5.92 Å². The lowest BCUT2D eigenvalue weighted by molar-refractivity contribution is 0.268. The first-order valence-corrected chi connectivity index (χ1v) is 10.3. The summed E-state index contributed by atoms with van der Waals surface area (Å²) < 4.78 is 2.76. The Labute approximate surface area is 107 Å². The number of rotatable bonds is 3. The number of benzene rings is 1. The molecule has 1 aromatic carbocycles. The third kappa shape index (κ3) is 3.68. The molecule has 2 heteroatoms. The third-order valence-corrected chi connectivity index (χ3v) is 6.27. The normalized spacial score (nSPS) is 19.5. The summed E-state index contributed by atoms with van der Waals surface area (Å²) in [7, 11) is -1.04.